The summed E-state index contributed by atoms with van der Waals surface area (Å²) in [6.07, 6.45) is 26.8. The van der Waals surface area contributed by atoms with Gasteiger partial charge in [0.2, 0.25) is 6.71 Å². The van der Waals surface area contributed by atoms with E-state index in [1.54, 1.807) is 0 Å². The molecule has 8 heteroatoms. The molecule has 118 heavy (non-hydrogen) atoms. The number of hydrogen-bond donors (Lipinski definition) is 0. The number of hydrogen-bond acceptors (Lipinski definition) is 6. The van der Waals surface area contributed by atoms with Crippen LogP contribution in [0.4, 0.5) is 51.2 Å². The van der Waals surface area contributed by atoms with Gasteiger partial charge in [0.1, 0.15) is 5.75 Å². The predicted octanol–water partition coefficient (Wildman–Crippen LogP) is 27.9. The summed E-state index contributed by atoms with van der Waals surface area (Å²) in [6.45, 7) is 14.1. The zero-order valence-electron chi connectivity index (χ0n) is 68.3. The first-order chi connectivity index (χ1) is 57.8. The van der Waals surface area contributed by atoms with Crippen molar-refractivity contribution in [3.63, 3.8) is 0 Å². The predicted molar refractivity (Wildman–Crippen MR) is 502 cm³/mol. The van der Waals surface area contributed by atoms with Gasteiger partial charge in [-0.05, 0) is 205 Å². The minimum Gasteiger partial charge on any atom is -0.491 e. The van der Waals surface area contributed by atoms with Crippen LogP contribution in [0.25, 0.3) is 55.6 Å². The summed E-state index contributed by atoms with van der Waals surface area (Å²) in [4.78, 5) is 12.1. The molecule has 0 aromatic heterocycles. The quantitative estimate of drug-likeness (QED) is 0.0794. The standard InChI is InChI=1S/C110H98B2N4OS/c1-109(2,3)83-57-49-79(50-58-83)92-43-28-44-93(80-51-59-84(60-52-80)110(4,5)6)108(92)116-99-72-104-97(71-96(99)112-95-46-23-25-48-102(95)117-103-69-90(67-100(116)106(103)112)113(86-61-53-77(54-62-86)73-29-12-7-13-30-73)88-41-26-37-81(65-88)75-33-16-9-17-34-75)111-94-45-22-24-47-98(94)115(85-39-20-11-21-40-85)101-68-91(70-105(118-104)107(101)111)114(87-63-55-78(56-64-87)74-31-14-8-15-32-74)89-42-27-38-82(66-89)76-35-18-10-19-36-76/h7-24,27-36,38-40,42-47,49-64,66-72,81,88,94-95,97-98,102,104H,25-26,37,41,48,65H2,1-6H3. The van der Waals surface area contributed by atoms with Crippen molar-refractivity contribution in [1.82, 2.24) is 0 Å². The Bertz CT molecular complexity index is 6020. The average Bonchev–Trinajstić information content (AvgIpc) is 0.688. The summed E-state index contributed by atoms with van der Waals surface area (Å²) in [5.74, 6) is 1.76. The van der Waals surface area contributed by atoms with Crippen molar-refractivity contribution in [3.05, 3.63) is 392 Å². The lowest BCUT2D eigenvalue weighted by molar-refractivity contribution is 0.186. The molecule has 0 saturated heterocycles. The Labute approximate surface area is 702 Å². The van der Waals surface area contributed by atoms with Crippen LogP contribution in [0, 0.1) is 0 Å². The molecule has 0 N–H and O–H groups in total. The fraction of sp³-hybridized carbons (Fsp3) is 0.200. The molecule has 0 spiro atoms. The first-order valence-electron chi connectivity index (χ1n) is 43.0. The molecular formula is C110H98B2N4OS. The number of benzene rings is 13. The molecule has 1 saturated carbocycles. The average molecular weight is 1550 g/mol. The van der Waals surface area contributed by atoms with Crippen molar-refractivity contribution in [2.24, 2.45) is 0 Å². The Hall–Kier alpha value is -12.0. The third-order valence-corrected chi connectivity index (χ3v) is 28.2. The van der Waals surface area contributed by atoms with Gasteiger partial charge in [-0.25, -0.2) is 0 Å². The molecule has 0 amide bonds. The molecule has 1 fully saturated rings. The van der Waals surface area contributed by atoms with E-state index in [9.17, 15) is 0 Å². The van der Waals surface area contributed by atoms with E-state index >= 15 is 0 Å². The highest BCUT2D eigenvalue weighted by molar-refractivity contribution is 8.00. The second-order valence-electron chi connectivity index (χ2n) is 35.9. The van der Waals surface area contributed by atoms with Gasteiger partial charge in [-0.1, -0.05) is 339 Å². The van der Waals surface area contributed by atoms with Crippen LogP contribution in [0.3, 0.4) is 0 Å². The molecule has 4 aliphatic heterocycles. The Morgan fingerprint density at radius 2 is 0.992 bits per heavy atom. The van der Waals surface area contributed by atoms with Crippen molar-refractivity contribution < 1.29 is 4.74 Å². The lowest BCUT2D eigenvalue weighted by Crippen LogP contribution is -2.59. The van der Waals surface area contributed by atoms with Crippen LogP contribution in [-0.2, 0) is 10.8 Å². The first kappa shape index (κ1) is 73.6. The van der Waals surface area contributed by atoms with E-state index in [1.807, 2.05) is 0 Å². The summed E-state index contributed by atoms with van der Waals surface area (Å²) in [7, 11) is 0. The highest BCUT2D eigenvalue weighted by Crippen LogP contribution is 2.61. The normalized spacial score (nSPS) is 20.6. The second kappa shape index (κ2) is 30.2. The van der Waals surface area contributed by atoms with Gasteiger partial charge in [0.05, 0.1) is 17.8 Å². The van der Waals surface area contributed by atoms with Crippen LogP contribution >= 0.6 is 11.8 Å². The van der Waals surface area contributed by atoms with Crippen molar-refractivity contribution in [2.45, 2.75) is 143 Å². The lowest BCUT2D eigenvalue weighted by Gasteiger charge is -2.53. The molecule has 21 rings (SSSR count). The summed E-state index contributed by atoms with van der Waals surface area (Å²) < 4.78 is 7.96. The molecule has 13 aromatic carbocycles. The molecule has 8 unspecified atom stereocenters. The van der Waals surface area contributed by atoms with E-state index in [0.717, 1.165) is 54.9 Å². The fourth-order valence-electron chi connectivity index (χ4n) is 21.1. The summed E-state index contributed by atoms with van der Waals surface area (Å²) in [5.41, 5.74) is 31.8. The van der Waals surface area contributed by atoms with E-state index < -0.39 is 0 Å². The maximum absolute atomic E-state index is 7.96. The van der Waals surface area contributed by atoms with Gasteiger partial charge < -0.3 is 24.3 Å². The SMILES string of the molecule is CC(C)(C)c1ccc(-c2cccc(-c3ccc(C(C)(C)C)cc3)c2N2C3=CC4Sc5cc(N(c6ccc(-c7ccccc7)cc6)c6cccc(-c7ccccc7)c6)cc6c5B(C4C=C3B3c4c(cc(N(c5ccc(-c7ccccc7)cc5)C5CCCC(c7ccccc7)C5)cc42)OC2CCC=CC32)C2C=CC=CC2N6c2ccccc2)cc1. The minimum atomic E-state index is -0.0410. The van der Waals surface area contributed by atoms with Crippen LogP contribution in [0.15, 0.2) is 380 Å². The molecule has 8 atom stereocenters. The largest absolute Gasteiger partial charge is 0.491 e. The highest BCUT2D eigenvalue weighted by atomic mass is 32.2. The Morgan fingerprint density at radius 3 is 1.63 bits per heavy atom. The van der Waals surface area contributed by atoms with E-state index in [2.05, 4.69) is 437 Å². The van der Waals surface area contributed by atoms with Gasteiger partial charge in [-0.3, -0.25) is 0 Å². The van der Waals surface area contributed by atoms with Crippen LogP contribution in [-0.4, -0.2) is 36.9 Å². The Morgan fingerprint density at radius 1 is 0.432 bits per heavy atom. The highest BCUT2D eigenvalue weighted by Gasteiger charge is 2.56. The Kier molecular flexibility index (Phi) is 18.8. The monoisotopic (exact) mass is 1540 g/mol. The van der Waals surface area contributed by atoms with Crippen LogP contribution < -0.4 is 35.3 Å². The molecular weight excluding hydrogens is 1450 g/mol. The summed E-state index contributed by atoms with van der Waals surface area (Å²) in [5, 5.41) is 0.0105. The van der Waals surface area contributed by atoms with Crippen LogP contribution in [0.1, 0.15) is 103 Å². The van der Waals surface area contributed by atoms with E-state index in [-0.39, 0.29) is 65.1 Å². The van der Waals surface area contributed by atoms with Crippen LogP contribution in [0.2, 0.25) is 17.5 Å². The van der Waals surface area contributed by atoms with Crippen molar-refractivity contribution in [1.29, 1.82) is 0 Å². The number of ether oxygens (including phenoxy) is 1. The zero-order chi connectivity index (χ0) is 79.3. The fourth-order valence-corrected chi connectivity index (χ4v) is 22.5. The number of thioether (sulfide) groups is 1. The number of fused-ring (bicyclic) bond motifs is 8. The van der Waals surface area contributed by atoms with E-state index in [0.29, 0.717) is 5.92 Å². The van der Waals surface area contributed by atoms with Crippen molar-refractivity contribution in [2.75, 3.05) is 19.6 Å². The van der Waals surface area contributed by atoms with Gasteiger partial charge in [-0.2, -0.15) is 0 Å². The van der Waals surface area contributed by atoms with Gasteiger partial charge in [0.25, 0.3) is 0 Å². The first-order valence-corrected chi connectivity index (χ1v) is 43.9. The number of anilines is 9. The van der Waals surface area contributed by atoms with E-state index in [1.165, 1.54) is 140 Å². The van der Waals surface area contributed by atoms with Gasteiger partial charge in [0, 0.05) is 90.4 Å². The number of nitrogens with zero attached hydrogens (tertiary/aromatic N) is 4. The third kappa shape index (κ3) is 13.3. The molecule has 8 aliphatic rings. The molecule has 5 nitrogen and oxygen atoms in total. The smallest absolute Gasteiger partial charge is 0.229 e. The topological polar surface area (TPSA) is 22.2 Å². The van der Waals surface area contributed by atoms with Crippen molar-refractivity contribution in [3.8, 4) is 61.4 Å². The molecule has 4 aliphatic carbocycles. The van der Waals surface area contributed by atoms with Crippen LogP contribution in [0.5, 0.6) is 5.75 Å². The molecule has 4 heterocycles. The summed E-state index contributed by atoms with van der Waals surface area (Å²) >= 11 is 2.09. The molecule has 0 radical (unpaired) electrons. The lowest BCUT2D eigenvalue weighted by atomic mass is 9.24. The number of para-hydroxylation sites is 2. The van der Waals surface area contributed by atoms with Gasteiger partial charge >= 0.3 is 0 Å². The summed E-state index contributed by atoms with van der Waals surface area (Å²) in [6, 6.07) is 120. The molecule has 13 aromatic rings. The number of allylic oxidation sites excluding steroid dienone is 5. The van der Waals surface area contributed by atoms with Gasteiger partial charge in [-0.15, -0.1) is 11.8 Å². The molecule has 0 bridgehead atoms. The molecule has 576 valence electrons. The second-order valence-corrected chi connectivity index (χ2v) is 37.2. The number of rotatable bonds is 14. The van der Waals surface area contributed by atoms with E-state index in [4.69, 9.17) is 4.74 Å². The third-order valence-electron chi connectivity index (χ3n) is 26.8. The maximum Gasteiger partial charge on any atom is 0.229 e. The minimum absolute atomic E-state index is 0.00923. The zero-order valence-corrected chi connectivity index (χ0v) is 69.1. The van der Waals surface area contributed by atoms with Crippen molar-refractivity contribution >= 4 is 87.3 Å². The maximum atomic E-state index is 7.96. The van der Waals surface area contributed by atoms with Gasteiger partial charge in [0.15, 0.2) is 6.71 Å². The Balaban J connectivity index is 0.823.